The molecule has 2 atom stereocenters. The summed E-state index contributed by atoms with van der Waals surface area (Å²) in [6.45, 7) is 2.15. The third-order valence-corrected chi connectivity index (χ3v) is 4.27. The number of carbonyl (C=O) groups is 1. The molecule has 1 aliphatic rings. The molecule has 3 nitrogen and oxygen atoms in total. The van der Waals surface area contributed by atoms with E-state index in [0.717, 1.165) is 25.3 Å². The van der Waals surface area contributed by atoms with Crippen LogP contribution in [0, 0.1) is 17.6 Å². The van der Waals surface area contributed by atoms with Crippen molar-refractivity contribution in [2.45, 2.75) is 38.6 Å². The molecule has 1 fully saturated rings. The molecule has 116 valence electrons. The molecule has 1 aliphatic carbocycles. The smallest absolute Gasteiger partial charge is 0.308 e. The van der Waals surface area contributed by atoms with E-state index >= 15 is 0 Å². The lowest BCUT2D eigenvalue weighted by molar-refractivity contribution is -0.149. The molecule has 0 spiro atoms. The van der Waals surface area contributed by atoms with Gasteiger partial charge in [0, 0.05) is 12.1 Å². The van der Waals surface area contributed by atoms with Crippen LogP contribution in [0.5, 0.6) is 0 Å². The van der Waals surface area contributed by atoms with E-state index in [1.165, 1.54) is 6.07 Å². The zero-order chi connectivity index (χ0) is 15.4. The number of carbonyl (C=O) groups excluding carboxylic acids is 1. The monoisotopic (exact) mass is 361 g/mol. The maximum atomic E-state index is 13.7. The van der Waals surface area contributed by atoms with Gasteiger partial charge in [-0.2, -0.15) is 0 Å². The van der Waals surface area contributed by atoms with E-state index in [9.17, 15) is 13.6 Å². The number of esters is 1. The Kier molecular flexibility index (Phi) is 5.56. The molecule has 2 rings (SSSR count). The van der Waals surface area contributed by atoms with Gasteiger partial charge >= 0.3 is 5.97 Å². The lowest BCUT2D eigenvalue weighted by atomic mass is 9.85. The summed E-state index contributed by atoms with van der Waals surface area (Å²) >= 11 is 3.04. The molecule has 0 aliphatic heterocycles. The minimum atomic E-state index is -0.633. The average molecular weight is 362 g/mol. The maximum absolute atomic E-state index is 13.7. The van der Waals surface area contributed by atoms with Crippen molar-refractivity contribution in [3.8, 4) is 0 Å². The van der Waals surface area contributed by atoms with E-state index in [2.05, 4.69) is 21.2 Å². The van der Waals surface area contributed by atoms with Gasteiger partial charge in [0.15, 0.2) is 0 Å². The van der Waals surface area contributed by atoms with Crippen LogP contribution in [0.25, 0.3) is 0 Å². The van der Waals surface area contributed by atoms with Gasteiger partial charge in [-0.05, 0) is 48.2 Å². The Hall–Kier alpha value is -1.17. The highest BCUT2D eigenvalue weighted by atomic mass is 79.9. The third kappa shape index (κ3) is 4.15. The summed E-state index contributed by atoms with van der Waals surface area (Å²) in [4.78, 5) is 11.8. The summed E-state index contributed by atoms with van der Waals surface area (Å²) in [6.07, 6.45) is 3.13. The number of anilines is 1. The quantitative estimate of drug-likeness (QED) is 0.643. The van der Waals surface area contributed by atoms with Gasteiger partial charge in [0.2, 0.25) is 0 Å². The Balaban J connectivity index is 2.03. The summed E-state index contributed by atoms with van der Waals surface area (Å²) < 4.78 is 32.2. The molecule has 0 amide bonds. The number of nitrogens with one attached hydrogen (secondary N) is 1. The Morgan fingerprint density at radius 2 is 2.14 bits per heavy atom. The van der Waals surface area contributed by atoms with Gasteiger partial charge < -0.3 is 10.1 Å². The topological polar surface area (TPSA) is 38.3 Å². The predicted octanol–water partition coefficient (Wildman–Crippen LogP) is 4.26. The van der Waals surface area contributed by atoms with E-state index in [1.54, 1.807) is 6.92 Å². The van der Waals surface area contributed by atoms with Crippen LogP contribution in [0.3, 0.4) is 0 Å². The molecule has 0 bridgehead atoms. The van der Waals surface area contributed by atoms with Crippen LogP contribution >= 0.6 is 15.9 Å². The fourth-order valence-electron chi connectivity index (χ4n) is 2.65. The SMILES string of the molecule is CCOC(=O)C1CCCC(Nc2cc(Br)c(F)cc2F)C1. The summed E-state index contributed by atoms with van der Waals surface area (Å²) in [7, 11) is 0. The highest BCUT2D eigenvalue weighted by Crippen LogP contribution is 2.30. The summed E-state index contributed by atoms with van der Waals surface area (Å²) in [6, 6.07) is 2.22. The molecular formula is C15H18BrF2NO2. The first kappa shape index (κ1) is 16.2. The van der Waals surface area contributed by atoms with E-state index in [1.807, 2.05) is 0 Å². The van der Waals surface area contributed by atoms with Crippen molar-refractivity contribution in [3.63, 3.8) is 0 Å². The van der Waals surface area contributed by atoms with Gasteiger partial charge in [-0.3, -0.25) is 4.79 Å². The van der Waals surface area contributed by atoms with Gasteiger partial charge in [0.05, 0.1) is 22.7 Å². The fourth-order valence-corrected chi connectivity index (χ4v) is 2.99. The van der Waals surface area contributed by atoms with Gasteiger partial charge in [-0.1, -0.05) is 6.42 Å². The average Bonchev–Trinajstić information content (AvgIpc) is 2.45. The maximum Gasteiger partial charge on any atom is 0.308 e. The second-order valence-electron chi connectivity index (χ2n) is 5.20. The Morgan fingerprint density at radius 3 is 2.86 bits per heavy atom. The molecule has 1 aromatic carbocycles. The second-order valence-corrected chi connectivity index (χ2v) is 6.06. The lowest BCUT2D eigenvalue weighted by Crippen LogP contribution is -2.32. The van der Waals surface area contributed by atoms with Crippen molar-refractivity contribution in [2.75, 3.05) is 11.9 Å². The summed E-state index contributed by atoms with van der Waals surface area (Å²) in [5.74, 6) is -1.60. The molecule has 21 heavy (non-hydrogen) atoms. The molecule has 0 heterocycles. The van der Waals surface area contributed by atoms with Gasteiger partial charge in [0.25, 0.3) is 0 Å². The summed E-state index contributed by atoms with van der Waals surface area (Å²) in [5.41, 5.74) is 0.248. The number of hydrogen-bond donors (Lipinski definition) is 1. The highest BCUT2D eigenvalue weighted by Gasteiger charge is 2.28. The molecule has 0 saturated heterocycles. The van der Waals surface area contributed by atoms with Crippen LogP contribution in [0.1, 0.15) is 32.6 Å². The minimum Gasteiger partial charge on any atom is -0.466 e. The van der Waals surface area contributed by atoms with Crippen LogP contribution in [-0.4, -0.2) is 18.6 Å². The van der Waals surface area contributed by atoms with Crippen LogP contribution in [0.15, 0.2) is 16.6 Å². The third-order valence-electron chi connectivity index (χ3n) is 3.66. The first-order valence-electron chi connectivity index (χ1n) is 7.09. The first-order valence-corrected chi connectivity index (χ1v) is 7.88. The van der Waals surface area contributed by atoms with E-state index < -0.39 is 11.6 Å². The number of ether oxygens (including phenoxy) is 1. The van der Waals surface area contributed by atoms with Crippen molar-refractivity contribution in [1.29, 1.82) is 0 Å². The van der Waals surface area contributed by atoms with Crippen molar-refractivity contribution in [3.05, 3.63) is 28.2 Å². The number of rotatable bonds is 4. The largest absolute Gasteiger partial charge is 0.466 e. The number of hydrogen-bond acceptors (Lipinski definition) is 3. The van der Waals surface area contributed by atoms with Gasteiger partial charge in [0.1, 0.15) is 11.6 Å². The zero-order valence-corrected chi connectivity index (χ0v) is 13.4. The van der Waals surface area contributed by atoms with Gasteiger partial charge in [-0.15, -0.1) is 0 Å². The Labute approximate surface area is 131 Å². The van der Waals surface area contributed by atoms with Crippen molar-refractivity contribution in [2.24, 2.45) is 5.92 Å². The van der Waals surface area contributed by atoms with E-state index in [4.69, 9.17) is 4.74 Å². The predicted molar refractivity (Wildman–Crippen MR) is 80.1 cm³/mol. The normalized spacial score (nSPS) is 21.9. The second kappa shape index (κ2) is 7.20. The highest BCUT2D eigenvalue weighted by molar-refractivity contribution is 9.10. The molecule has 1 saturated carbocycles. The summed E-state index contributed by atoms with van der Waals surface area (Å²) in [5, 5.41) is 3.06. The molecular weight excluding hydrogens is 344 g/mol. The van der Waals surface area contributed by atoms with Gasteiger partial charge in [-0.25, -0.2) is 8.78 Å². The zero-order valence-electron chi connectivity index (χ0n) is 11.8. The lowest BCUT2D eigenvalue weighted by Gasteiger charge is -2.29. The molecule has 0 radical (unpaired) electrons. The number of halogens is 3. The Bertz CT molecular complexity index is 525. The van der Waals surface area contributed by atoms with Crippen LogP contribution in [0.4, 0.5) is 14.5 Å². The van der Waals surface area contributed by atoms with E-state index in [0.29, 0.717) is 13.0 Å². The molecule has 1 aromatic rings. The van der Waals surface area contributed by atoms with Crippen LogP contribution in [0.2, 0.25) is 0 Å². The molecule has 6 heteroatoms. The van der Waals surface area contributed by atoms with Crippen molar-refractivity contribution in [1.82, 2.24) is 0 Å². The minimum absolute atomic E-state index is 0.0139. The Morgan fingerprint density at radius 1 is 1.38 bits per heavy atom. The standard InChI is InChI=1S/C15H18BrF2NO2/c1-2-21-15(20)9-4-3-5-10(6-9)19-14-7-11(16)12(17)8-13(14)18/h7-10,19H,2-6H2,1H3. The molecule has 0 aromatic heterocycles. The molecule has 2 unspecified atom stereocenters. The number of benzene rings is 1. The van der Waals surface area contributed by atoms with E-state index in [-0.39, 0.29) is 28.1 Å². The van der Waals surface area contributed by atoms with Crippen molar-refractivity contribution >= 4 is 27.6 Å². The van der Waals surface area contributed by atoms with Crippen LogP contribution < -0.4 is 5.32 Å². The first-order chi connectivity index (χ1) is 10.0. The fraction of sp³-hybridized carbons (Fsp3) is 0.533. The van der Waals surface area contributed by atoms with Crippen molar-refractivity contribution < 1.29 is 18.3 Å². The molecule has 1 N–H and O–H groups in total. The van der Waals surface area contributed by atoms with Crippen LogP contribution in [-0.2, 0) is 9.53 Å².